The van der Waals surface area contributed by atoms with Crippen LogP contribution >= 0.6 is 0 Å². The van der Waals surface area contributed by atoms with Crippen LogP contribution in [-0.2, 0) is 10.8 Å². The minimum atomic E-state index is 0.223. The van der Waals surface area contributed by atoms with E-state index in [9.17, 15) is 0 Å². The van der Waals surface area contributed by atoms with Gasteiger partial charge < -0.3 is 5.32 Å². The molecule has 0 radical (unpaired) electrons. The molecular weight excluding hydrogens is 266 g/mol. The number of likely N-dealkylation sites (N-methyl/N-ethyl adjacent to an activating group) is 1. The summed E-state index contributed by atoms with van der Waals surface area (Å²) in [6.07, 6.45) is 1.20. The molecule has 2 aromatic rings. The Bertz CT molecular complexity index is 557. The van der Waals surface area contributed by atoms with Crippen molar-refractivity contribution < 1.29 is 0 Å². The Balaban J connectivity index is 0.000000246. The fourth-order valence-electron chi connectivity index (χ4n) is 3.55. The highest BCUT2D eigenvalue weighted by molar-refractivity contribution is 5.42. The third-order valence-corrected chi connectivity index (χ3v) is 4.95. The first-order chi connectivity index (χ1) is 10.4. The monoisotopic (exact) mass is 295 g/mol. The first-order valence-corrected chi connectivity index (χ1v) is 8.17. The smallest absolute Gasteiger partial charge is 0.0164 e. The molecular formula is C21H29N. The predicted molar refractivity (Wildman–Crippen MR) is 96.4 cm³/mol. The van der Waals surface area contributed by atoms with Crippen molar-refractivity contribution in [2.75, 3.05) is 7.05 Å². The maximum atomic E-state index is 3.49. The van der Waals surface area contributed by atoms with Gasteiger partial charge in [0.1, 0.15) is 0 Å². The Labute approximate surface area is 135 Å². The second-order valence-corrected chi connectivity index (χ2v) is 7.35. The van der Waals surface area contributed by atoms with Gasteiger partial charge in [0.25, 0.3) is 0 Å². The molecule has 2 aromatic carbocycles. The van der Waals surface area contributed by atoms with Gasteiger partial charge in [0.05, 0.1) is 0 Å². The highest BCUT2D eigenvalue weighted by atomic mass is 14.9. The highest BCUT2D eigenvalue weighted by Gasteiger charge is 2.42. The normalized spacial score (nSPS) is 21.2. The van der Waals surface area contributed by atoms with Crippen LogP contribution in [-0.4, -0.2) is 13.1 Å². The lowest BCUT2D eigenvalue weighted by atomic mass is 9.60. The summed E-state index contributed by atoms with van der Waals surface area (Å²) >= 11 is 0. The zero-order valence-electron chi connectivity index (χ0n) is 14.6. The Hall–Kier alpha value is -1.60. The van der Waals surface area contributed by atoms with Gasteiger partial charge in [0.2, 0.25) is 0 Å². The topological polar surface area (TPSA) is 12.0 Å². The van der Waals surface area contributed by atoms with Gasteiger partial charge in [-0.1, -0.05) is 88.4 Å². The lowest BCUT2D eigenvalue weighted by molar-refractivity contribution is 0.252. The van der Waals surface area contributed by atoms with Crippen molar-refractivity contribution in [1.82, 2.24) is 5.32 Å². The SMILES string of the molecule is CNC1CC(C)(C)c2ccccc2C1(C)C.c1ccccc1. The molecule has 118 valence electrons. The largest absolute Gasteiger partial charge is 0.316 e. The fraction of sp³-hybridized carbons (Fsp3) is 0.429. The molecule has 1 heteroatoms. The average Bonchev–Trinajstić information content (AvgIpc) is 2.54. The van der Waals surface area contributed by atoms with Gasteiger partial charge in [0, 0.05) is 11.5 Å². The number of fused-ring (bicyclic) bond motifs is 1. The molecule has 0 aliphatic heterocycles. The molecule has 0 spiro atoms. The van der Waals surface area contributed by atoms with Crippen LogP contribution in [0, 0.1) is 0 Å². The Morgan fingerprint density at radius 3 is 1.68 bits per heavy atom. The number of nitrogens with one attached hydrogen (secondary N) is 1. The lowest BCUT2D eigenvalue weighted by Gasteiger charge is -2.47. The number of hydrogen-bond donors (Lipinski definition) is 1. The van der Waals surface area contributed by atoms with Crippen molar-refractivity contribution in [1.29, 1.82) is 0 Å². The molecule has 1 atom stereocenters. The summed E-state index contributed by atoms with van der Waals surface area (Å²) in [6, 6.07) is 21.5. The molecule has 1 aliphatic rings. The van der Waals surface area contributed by atoms with Crippen LogP contribution in [0.5, 0.6) is 0 Å². The molecule has 0 amide bonds. The zero-order valence-corrected chi connectivity index (χ0v) is 14.6. The third-order valence-electron chi connectivity index (χ3n) is 4.95. The molecule has 0 heterocycles. The van der Waals surface area contributed by atoms with E-state index in [2.05, 4.69) is 64.3 Å². The average molecular weight is 295 g/mol. The first-order valence-electron chi connectivity index (χ1n) is 8.17. The molecule has 22 heavy (non-hydrogen) atoms. The summed E-state index contributed by atoms with van der Waals surface area (Å²) in [6.45, 7) is 9.40. The summed E-state index contributed by atoms with van der Waals surface area (Å²) in [7, 11) is 2.08. The summed E-state index contributed by atoms with van der Waals surface area (Å²) in [5.74, 6) is 0. The Kier molecular flexibility index (Phi) is 5.08. The molecule has 1 nitrogen and oxygen atoms in total. The van der Waals surface area contributed by atoms with Crippen molar-refractivity contribution in [3.63, 3.8) is 0 Å². The lowest BCUT2D eigenvalue weighted by Crippen LogP contribution is -2.51. The van der Waals surface area contributed by atoms with Crippen LogP contribution in [0.25, 0.3) is 0 Å². The second kappa shape index (κ2) is 6.66. The van der Waals surface area contributed by atoms with E-state index in [0.29, 0.717) is 6.04 Å². The number of hydrogen-bond acceptors (Lipinski definition) is 1. The number of benzene rings is 2. The predicted octanol–water partition coefficient (Wildman–Crippen LogP) is 4.92. The van der Waals surface area contributed by atoms with Crippen LogP contribution in [0.3, 0.4) is 0 Å². The van der Waals surface area contributed by atoms with E-state index in [1.807, 2.05) is 36.4 Å². The molecule has 0 bridgehead atoms. The van der Waals surface area contributed by atoms with Gasteiger partial charge in [0.15, 0.2) is 0 Å². The summed E-state index contributed by atoms with van der Waals surface area (Å²) < 4.78 is 0. The maximum absolute atomic E-state index is 3.49. The van der Waals surface area contributed by atoms with E-state index in [0.717, 1.165) is 0 Å². The molecule has 1 aliphatic carbocycles. The van der Waals surface area contributed by atoms with E-state index in [1.54, 1.807) is 0 Å². The molecule has 0 fully saturated rings. The van der Waals surface area contributed by atoms with Crippen molar-refractivity contribution in [2.24, 2.45) is 0 Å². The minimum Gasteiger partial charge on any atom is -0.316 e. The summed E-state index contributed by atoms with van der Waals surface area (Å²) in [5.41, 5.74) is 3.53. The standard InChI is InChI=1S/C15H23N.C6H6/c1-14(2)10-13(16-5)15(3,4)12-9-7-6-8-11(12)14;1-2-4-6-5-3-1/h6-9,13,16H,10H2,1-5H3;1-6H. The van der Waals surface area contributed by atoms with E-state index < -0.39 is 0 Å². The first kappa shape index (κ1) is 16.8. The summed E-state index contributed by atoms with van der Waals surface area (Å²) in [5, 5.41) is 3.49. The third kappa shape index (κ3) is 3.41. The molecule has 0 aromatic heterocycles. The quantitative estimate of drug-likeness (QED) is 0.787. The molecule has 3 rings (SSSR count). The van der Waals surface area contributed by atoms with Crippen molar-refractivity contribution in [2.45, 2.75) is 51.0 Å². The number of rotatable bonds is 1. The Morgan fingerprint density at radius 1 is 0.773 bits per heavy atom. The maximum Gasteiger partial charge on any atom is 0.0164 e. The second-order valence-electron chi connectivity index (χ2n) is 7.35. The molecule has 1 unspecified atom stereocenters. The van der Waals surface area contributed by atoms with Crippen molar-refractivity contribution in [3.8, 4) is 0 Å². The molecule has 0 saturated heterocycles. The van der Waals surface area contributed by atoms with E-state index >= 15 is 0 Å². The fourth-order valence-corrected chi connectivity index (χ4v) is 3.55. The van der Waals surface area contributed by atoms with E-state index in [4.69, 9.17) is 0 Å². The zero-order chi connectivity index (χ0) is 16.2. The van der Waals surface area contributed by atoms with Gasteiger partial charge in [-0.15, -0.1) is 0 Å². The van der Waals surface area contributed by atoms with Gasteiger partial charge in [-0.2, -0.15) is 0 Å². The Morgan fingerprint density at radius 2 is 1.23 bits per heavy atom. The summed E-state index contributed by atoms with van der Waals surface area (Å²) in [4.78, 5) is 0. The van der Waals surface area contributed by atoms with E-state index in [1.165, 1.54) is 17.5 Å². The molecule has 1 N–H and O–H groups in total. The van der Waals surface area contributed by atoms with Gasteiger partial charge >= 0.3 is 0 Å². The van der Waals surface area contributed by atoms with Crippen LogP contribution in [0.2, 0.25) is 0 Å². The van der Waals surface area contributed by atoms with Gasteiger partial charge in [-0.3, -0.25) is 0 Å². The molecule has 0 saturated carbocycles. The van der Waals surface area contributed by atoms with Crippen LogP contribution in [0.4, 0.5) is 0 Å². The van der Waals surface area contributed by atoms with E-state index in [-0.39, 0.29) is 10.8 Å². The van der Waals surface area contributed by atoms with Crippen LogP contribution in [0.1, 0.15) is 45.2 Å². The van der Waals surface area contributed by atoms with Crippen LogP contribution < -0.4 is 5.32 Å². The van der Waals surface area contributed by atoms with Gasteiger partial charge in [-0.25, -0.2) is 0 Å². The van der Waals surface area contributed by atoms with Crippen molar-refractivity contribution >= 4 is 0 Å². The van der Waals surface area contributed by atoms with Crippen molar-refractivity contribution in [3.05, 3.63) is 71.8 Å². The van der Waals surface area contributed by atoms with Gasteiger partial charge in [-0.05, 0) is 30.0 Å². The van der Waals surface area contributed by atoms with Crippen LogP contribution in [0.15, 0.2) is 60.7 Å². The minimum absolute atomic E-state index is 0.223. The highest BCUT2D eigenvalue weighted by Crippen LogP contribution is 2.45.